The highest BCUT2D eigenvalue weighted by Gasteiger charge is 2.29. The van der Waals surface area contributed by atoms with Gasteiger partial charge < -0.3 is 14.4 Å². The molecule has 0 fully saturated rings. The number of likely N-dealkylation sites (N-methyl/N-ethyl adjacent to an activating group) is 1. The molecule has 0 radical (unpaired) electrons. The van der Waals surface area contributed by atoms with Crippen LogP contribution in [0.25, 0.3) is 0 Å². The highest BCUT2D eigenvalue weighted by atomic mass is 16.2. The van der Waals surface area contributed by atoms with Crippen molar-refractivity contribution in [2.24, 2.45) is 0 Å². The molecular formula is C29H37N3O. The lowest BCUT2D eigenvalue weighted by Crippen LogP contribution is -2.37. The molecule has 0 bridgehead atoms. The first-order chi connectivity index (χ1) is 15.9. The zero-order valence-electron chi connectivity index (χ0n) is 20.6. The van der Waals surface area contributed by atoms with Crippen LogP contribution >= 0.6 is 0 Å². The van der Waals surface area contributed by atoms with E-state index in [4.69, 9.17) is 0 Å². The summed E-state index contributed by atoms with van der Waals surface area (Å²) in [4.78, 5) is 18.3. The van der Waals surface area contributed by atoms with Gasteiger partial charge in [-0.1, -0.05) is 60.2 Å². The average Bonchev–Trinajstić information content (AvgIpc) is 3.10. The van der Waals surface area contributed by atoms with Gasteiger partial charge in [-0.3, -0.25) is 4.79 Å². The summed E-state index contributed by atoms with van der Waals surface area (Å²) >= 11 is 0. The van der Waals surface area contributed by atoms with Crippen molar-refractivity contribution >= 4 is 5.91 Å². The van der Waals surface area contributed by atoms with Crippen molar-refractivity contribution < 1.29 is 4.79 Å². The SMILES string of the molecule is Cc1ccc(Cn2c3c(c(C)c2C(=O)N(CCN(C)C)Cc2ccccc2)CCCC3)cc1. The van der Waals surface area contributed by atoms with E-state index in [0.29, 0.717) is 13.1 Å². The van der Waals surface area contributed by atoms with Gasteiger partial charge in [-0.15, -0.1) is 0 Å². The molecule has 1 aliphatic carbocycles. The Bertz CT molecular complexity index is 1080. The van der Waals surface area contributed by atoms with Crippen LogP contribution in [0, 0.1) is 13.8 Å². The number of aromatic nitrogens is 1. The van der Waals surface area contributed by atoms with E-state index in [2.05, 4.69) is 73.8 Å². The molecule has 1 amide bonds. The number of carbonyl (C=O) groups excluding carboxylic acids is 1. The summed E-state index contributed by atoms with van der Waals surface area (Å²) < 4.78 is 2.34. The van der Waals surface area contributed by atoms with Gasteiger partial charge in [-0.25, -0.2) is 0 Å². The Morgan fingerprint density at radius 1 is 0.879 bits per heavy atom. The largest absolute Gasteiger partial charge is 0.336 e. The van der Waals surface area contributed by atoms with Gasteiger partial charge in [-0.05, 0) is 75.9 Å². The van der Waals surface area contributed by atoms with Crippen LogP contribution in [0.15, 0.2) is 54.6 Å². The predicted octanol–water partition coefficient (Wildman–Crippen LogP) is 5.24. The van der Waals surface area contributed by atoms with Crippen LogP contribution in [0.5, 0.6) is 0 Å². The van der Waals surface area contributed by atoms with Crippen LogP contribution in [0.3, 0.4) is 0 Å². The van der Waals surface area contributed by atoms with Gasteiger partial charge in [0.05, 0.1) is 0 Å². The Morgan fingerprint density at radius 3 is 2.27 bits per heavy atom. The van der Waals surface area contributed by atoms with Gasteiger partial charge in [0.2, 0.25) is 0 Å². The summed E-state index contributed by atoms with van der Waals surface area (Å²) in [6.07, 6.45) is 4.56. The molecule has 0 atom stereocenters. The molecule has 3 aromatic rings. The molecule has 0 saturated heterocycles. The van der Waals surface area contributed by atoms with Crippen molar-refractivity contribution in [2.75, 3.05) is 27.2 Å². The van der Waals surface area contributed by atoms with Crippen molar-refractivity contribution in [3.05, 3.63) is 93.8 Å². The number of aryl methyl sites for hydroxylation is 1. The van der Waals surface area contributed by atoms with Crippen molar-refractivity contribution in [1.82, 2.24) is 14.4 Å². The summed E-state index contributed by atoms with van der Waals surface area (Å²) in [5.74, 6) is 0.153. The molecule has 0 unspecified atom stereocenters. The third kappa shape index (κ3) is 5.39. The number of hydrogen-bond acceptors (Lipinski definition) is 2. The van der Waals surface area contributed by atoms with E-state index in [1.165, 1.54) is 46.4 Å². The Labute approximate surface area is 198 Å². The average molecular weight is 444 g/mol. The molecule has 0 aliphatic heterocycles. The number of fused-ring (bicyclic) bond motifs is 1. The topological polar surface area (TPSA) is 28.5 Å². The van der Waals surface area contributed by atoms with Gasteiger partial charge in [0.25, 0.3) is 5.91 Å². The minimum Gasteiger partial charge on any atom is -0.336 e. The fourth-order valence-electron chi connectivity index (χ4n) is 4.92. The van der Waals surface area contributed by atoms with E-state index in [1.54, 1.807) is 0 Å². The second kappa shape index (κ2) is 10.4. The summed E-state index contributed by atoms with van der Waals surface area (Å²) in [6, 6.07) is 19.1. The molecule has 4 rings (SSSR count). The Hall–Kier alpha value is -2.85. The Kier molecular flexibility index (Phi) is 7.34. The second-order valence-corrected chi connectivity index (χ2v) is 9.69. The zero-order chi connectivity index (χ0) is 23.4. The van der Waals surface area contributed by atoms with E-state index in [9.17, 15) is 4.79 Å². The first-order valence-electron chi connectivity index (χ1n) is 12.2. The number of rotatable bonds is 8. The summed E-state index contributed by atoms with van der Waals surface area (Å²) in [5, 5.41) is 0. The highest BCUT2D eigenvalue weighted by Crippen LogP contribution is 2.31. The zero-order valence-corrected chi connectivity index (χ0v) is 20.6. The third-order valence-corrected chi connectivity index (χ3v) is 6.83. The molecule has 0 N–H and O–H groups in total. The maximum atomic E-state index is 14.2. The minimum absolute atomic E-state index is 0.153. The molecule has 4 nitrogen and oxygen atoms in total. The van der Waals surface area contributed by atoms with Crippen LogP contribution < -0.4 is 0 Å². The lowest BCUT2D eigenvalue weighted by Gasteiger charge is -2.26. The van der Waals surface area contributed by atoms with Gasteiger partial charge in [0, 0.05) is 31.9 Å². The summed E-state index contributed by atoms with van der Waals surface area (Å²) in [6.45, 7) is 7.22. The molecule has 1 heterocycles. The smallest absolute Gasteiger partial charge is 0.271 e. The number of hydrogen-bond donors (Lipinski definition) is 0. The molecule has 0 spiro atoms. The third-order valence-electron chi connectivity index (χ3n) is 6.83. The Balaban J connectivity index is 1.73. The minimum atomic E-state index is 0.153. The number of benzene rings is 2. The van der Waals surface area contributed by atoms with Gasteiger partial charge in [0.15, 0.2) is 0 Å². The van der Waals surface area contributed by atoms with E-state index in [-0.39, 0.29) is 5.91 Å². The fraction of sp³-hybridized carbons (Fsp3) is 0.414. The molecule has 33 heavy (non-hydrogen) atoms. The van der Waals surface area contributed by atoms with E-state index in [1.807, 2.05) is 23.1 Å². The van der Waals surface area contributed by atoms with Gasteiger partial charge >= 0.3 is 0 Å². The number of nitrogens with zero attached hydrogens (tertiary/aromatic N) is 3. The van der Waals surface area contributed by atoms with E-state index in [0.717, 1.165) is 31.6 Å². The lowest BCUT2D eigenvalue weighted by molar-refractivity contribution is 0.0720. The highest BCUT2D eigenvalue weighted by molar-refractivity contribution is 5.95. The first kappa shape index (κ1) is 23.3. The molecular weight excluding hydrogens is 406 g/mol. The molecule has 0 saturated carbocycles. The monoisotopic (exact) mass is 443 g/mol. The first-order valence-corrected chi connectivity index (χ1v) is 12.2. The molecule has 2 aromatic carbocycles. The standard InChI is InChI=1S/C29H37N3O/c1-22-14-16-25(17-15-22)21-32-27-13-9-8-12-26(27)23(2)28(32)29(33)31(19-18-30(3)4)20-24-10-6-5-7-11-24/h5-7,10-11,14-17H,8-9,12-13,18-21H2,1-4H3. The molecule has 174 valence electrons. The van der Waals surface area contributed by atoms with Crippen molar-refractivity contribution in [1.29, 1.82) is 0 Å². The van der Waals surface area contributed by atoms with Crippen molar-refractivity contribution in [2.45, 2.75) is 52.6 Å². The van der Waals surface area contributed by atoms with Crippen molar-refractivity contribution in [3.63, 3.8) is 0 Å². The summed E-state index contributed by atoms with van der Waals surface area (Å²) in [5.41, 5.74) is 8.53. The van der Waals surface area contributed by atoms with Gasteiger partial charge in [0.1, 0.15) is 5.69 Å². The normalized spacial score (nSPS) is 13.2. The molecule has 1 aromatic heterocycles. The molecule has 4 heteroatoms. The number of carbonyl (C=O) groups is 1. The van der Waals surface area contributed by atoms with E-state index < -0.39 is 0 Å². The molecule has 1 aliphatic rings. The second-order valence-electron chi connectivity index (χ2n) is 9.69. The van der Waals surface area contributed by atoms with Gasteiger partial charge in [-0.2, -0.15) is 0 Å². The lowest BCUT2D eigenvalue weighted by atomic mass is 9.95. The van der Waals surface area contributed by atoms with Crippen LogP contribution in [0.1, 0.15) is 56.8 Å². The van der Waals surface area contributed by atoms with E-state index >= 15 is 0 Å². The maximum Gasteiger partial charge on any atom is 0.271 e. The van der Waals surface area contributed by atoms with Crippen LogP contribution in [0.2, 0.25) is 0 Å². The quantitative estimate of drug-likeness (QED) is 0.477. The van der Waals surface area contributed by atoms with Crippen LogP contribution in [-0.2, 0) is 25.9 Å². The fourth-order valence-corrected chi connectivity index (χ4v) is 4.92. The maximum absolute atomic E-state index is 14.2. The Morgan fingerprint density at radius 2 is 1.58 bits per heavy atom. The summed E-state index contributed by atoms with van der Waals surface area (Å²) in [7, 11) is 4.13. The van der Waals surface area contributed by atoms with Crippen LogP contribution in [-0.4, -0.2) is 47.5 Å². The van der Waals surface area contributed by atoms with Crippen molar-refractivity contribution in [3.8, 4) is 0 Å². The number of amides is 1. The predicted molar refractivity (Wildman–Crippen MR) is 136 cm³/mol. The van der Waals surface area contributed by atoms with Crippen LogP contribution in [0.4, 0.5) is 0 Å².